The first-order valence-electron chi connectivity index (χ1n) is 6.61. The van der Waals surface area contributed by atoms with Gasteiger partial charge in [-0.25, -0.2) is 8.42 Å². The number of phenols is 1. The molecule has 0 aliphatic heterocycles. The molecule has 0 aromatic heterocycles. The normalized spacial score (nSPS) is 11.4. The van der Waals surface area contributed by atoms with E-state index in [4.69, 9.17) is 0 Å². The van der Waals surface area contributed by atoms with Gasteiger partial charge in [-0.1, -0.05) is 6.07 Å². The molecule has 0 unspecified atom stereocenters. The highest BCUT2D eigenvalue weighted by atomic mass is 32.2. The van der Waals surface area contributed by atoms with Crippen molar-refractivity contribution >= 4 is 15.7 Å². The van der Waals surface area contributed by atoms with Gasteiger partial charge in [-0.3, -0.25) is 4.72 Å². The van der Waals surface area contributed by atoms with Crippen LogP contribution in [0.5, 0.6) is 5.75 Å². The van der Waals surface area contributed by atoms with E-state index in [1.54, 1.807) is 44.2 Å². The molecular formula is C16H19NO3S. The van der Waals surface area contributed by atoms with Crippen LogP contribution in [0.4, 0.5) is 5.69 Å². The summed E-state index contributed by atoms with van der Waals surface area (Å²) in [5.74, 6) is 0.154. The van der Waals surface area contributed by atoms with Gasteiger partial charge in [0.2, 0.25) is 0 Å². The Labute approximate surface area is 125 Å². The standard InChI is InChI=1S/C16H19NO3S/c1-10-5-6-14(7-11(10)2)21(19,20)17-15-8-13(4)16(18)9-12(15)3/h5-9,17-18H,1-4H3. The molecule has 0 spiro atoms. The topological polar surface area (TPSA) is 66.4 Å². The van der Waals surface area contributed by atoms with E-state index in [-0.39, 0.29) is 10.6 Å². The molecule has 5 heteroatoms. The molecule has 2 N–H and O–H groups in total. The smallest absolute Gasteiger partial charge is 0.261 e. The molecule has 2 rings (SSSR count). The first-order chi connectivity index (χ1) is 9.70. The Bertz CT molecular complexity index is 795. The highest BCUT2D eigenvalue weighted by molar-refractivity contribution is 7.92. The average molecular weight is 305 g/mol. The summed E-state index contributed by atoms with van der Waals surface area (Å²) in [5, 5.41) is 9.63. The fourth-order valence-corrected chi connectivity index (χ4v) is 3.20. The van der Waals surface area contributed by atoms with Crippen molar-refractivity contribution in [1.29, 1.82) is 0 Å². The summed E-state index contributed by atoms with van der Waals surface area (Å²) in [5.41, 5.74) is 3.74. The van der Waals surface area contributed by atoms with E-state index in [1.807, 2.05) is 13.8 Å². The van der Waals surface area contributed by atoms with E-state index < -0.39 is 10.0 Å². The van der Waals surface area contributed by atoms with Gasteiger partial charge in [0.15, 0.2) is 0 Å². The molecule has 4 nitrogen and oxygen atoms in total. The number of aromatic hydroxyl groups is 1. The number of aryl methyl sites for hydroxylation is 4. The number of phenolic OH excluding ortho intramolecular Hbond substituents is 1. The number of rotatable bonds is 3. The Kier molecular flexibility index (Phi) is 3.96. The van der Waals surface area contributed by atoms with Crippen molar-refractivity contribution in [2.75, 3.05) is 4.72 Å². The van der Waals surface area contributed by atoms with E-state index in [9.17, 15) is 13.5 Å². The molecule has 0 heterocycles. The molecule has 0 aliphatic rings. The zero-order valence-electron chi connectivity index (χ0n) is 12.6. The second-order valence-electron chi connectivity index (χ2n) is 5.31. The average Bonchev–Trinajstić information content (AvgIpc) is 2.39. The third-order valence-electron chi connectivity index (χ3n) is 3.58. The van der Waals surface area contributed by atoms with Crippen LogP contribution in [0.1, 0.15) is 22.3 Å². The SMILES string of the molecule is Cc1ccc(S(=O)(=O)Nc2cc(C)c(O)cc2C)cc1C. The molecule has 0 saturated carbocycles. The van der Waals surface area contributed by atoms with Crippen molar-refractivity contribution in [3.05, 3.63) is 52.6 Å². The van der Waals surface area contributed by atoms with E-state index in [2.05, 4.69) is 4.72 Å². The highest BCUT2D eigenvalue weighted by Crippen LogP contribution is 2.27. The number of anilines is 1. The summed E-state index contributed by atoms with van der Waals surface area (Å²) in [6.45, 7) is 7.29. The zero-order valence-corrected chi connectivity index (χ0v) is 13.4. The van der Waals surface area contributed by atoms with Crippen LogP contribution < -0.4 is 4.72 Å². The van der Waals surface area contributed by atoms with Crippen LogP contribution in [-0.2, 0) is 10.0 Å². The minimum absolute atomic E-state index is 0.154. The third kappa shape index (κ3) is 3.19. The van der Waals surface area contributed by atoms with Crippen molar-refractivity contribution in [2.24, 2.45) is 0 Å². The molecule has 2 aromatic rings. The van der Waals surface area contributed by atoms with E-state index in [1.165, 1.54) is 0 Å². The Balaban J connectivity index is 2.42. The Morgan fingerprint density at radius 1 is 0.857 bits per heavy atom. The largest absolute Gasteiger partial charge is 0.508 e. The Hall–Kier alpha value is -2.01. The van der Waals surface area contributed by atoms with Crippen LogP contribution in [0.3, 0.4) is 0 Å². The Morgan fingerprint density at radius 2 is 1.52 bits per heavy atom. The first-order valence-corrected chi connectivity index (χ1v) is 8.09. The van der Waals surface area contributed by atoms with Crippen LogP contribution in [0.25, 0.3) is 0 Å². The summed E-state index contributed by atoms with van der Waals surface area (Å²) in [6, 6.07) is 8.21. The maximum atomic E-state index is 12.4. The summed E-state index contributed by atoms with van der Waals surface area (Å²) in [7, 11) is -3.64. The summed E-state index contributed by atoms with van der Waals surface area (Å²) < 4.78 is 27.5. The first kappa shape index (κ1) is 15.4. The van der Waals surface area contributed by atoms with Crippen molar-refractivity contribution < 1.29 is 13.5 Å². The van der Waals surface area contributed by atoms with Gasteiger partial charge >= 0.3 is 0 Å². The number of benzene rings is 2. The molecule has 0 bridgehead atoms. The van der Waals surface area contributed by atoms with Gasteiger partial charge in [0, 0.05) is 0 Å². The van der Waals surface area contributed by atoms with Gasteiger partial charge in [0.25, 0.3) is 10.0 Å². The zero-order chi connectivity index (χ0) is 15.8. The van der Waals surface area contributed by atoms with E-state index in [0.29, 0.717) is 16.8 Å². The number of hydrogen-bond acceptors (Lipinski definition) is 3. The van der Waals surface area contributed by atoms with E-state index >= 15 is 0 Å². The molecule has 0 atom stereocenters. The quantitative estimate of drug-likeness (QED) is 0.854. The lowest BCUT2D eigenvalue weighted by molar-refractivity contribution is 0.471. The Morgan fingerprint density at radius 3 is 2.14 bits per heavy atom. The fourth-order valence-electron chi connectivity index (χ4n) is 2.00. The second-order valence-corrected chi connectivity index (χ2v) is 6.99. The number of hydrogen-bond donors (Lipinski definition) is 2. The number of nitrogens with one attached hydrogen (secondary N) is 1. The maximum Gasteiger partial charge on any atom is 0.261 e. The van der Waals surface area contributed by atoms with Gasteiger partial charge in [0.05, 0.1) is 10.6 Å². The van der Waals surface area contributed by atoms with Crippen molar-refractivity contribution in [3.63, 3.8) is 0 Å². The lowest BCUT2D eigenvalue weighted by Gasteiger charge is -2.13. The lowest BCUT2D eigenvalue weighted by Crippen LogP contribution is -2.14. The molecule has 21 heavy (non-hydrogen) atoms. The van der Waals surface area contributed by atoms with Crippen molar-refractivity contribution in [3.8, 4) is 5.75 Å². The van der Waals surface area contributed by atoms with Gasteiger partial charge in [-0.05, 0) is 74.2 Å². The minimum Gasteiger partial charge on any atom is -0.508 e. The molecule has 0 saturated heterocycles. The predicted molar refractivity (Wildman–Crippen MR) is 84.3 cm³/mol. The van der Waals surface area contributed by atoms with Crippen molar-refractivity contribution in [1.82, 2.24) is 0 Å². The monoisotopic (exact) mass is 305 g/mol. The maximum absolute atomic E-state index is 12.4. The molecule has 0 aliphatic carbocycles. The molecule has 112 valence electrons. The molecule has 0 fully saturated rings. The summed E-state index contributed by atoms with van der Waals surface area (Å²) in [6.07, 6.45) is 0. The van der Waals surface area contributed by atoms with Gasteiger partial charge in [0.1, 0.15) is 5.75 Å². The molecule has 2 aromatic carbocycles. The molecular weight excluding hydrogens is 286 g/mol. The van der Waals surface area contributed by atoms with Crippen LogP contribution in [0.15, 0.2) is 35.2 Å². The van der Waals surface area contributed by atoms with Crippen LogP contribution in [0, 0.1) is 27.7 Å². The fraction of sp³-hybridized carbons (Fsp3) is 0.250. The van der Waals surface area contributed by atoms with Crippen molar-refractivity contribution in [2.45, 2.75) is 32.6 Å². The summed E-state index contributed by atoms with van der Waals surface area (Å²) in [4.78, 5) is 0.232. The lowest BCUT2D eigenvalue weighted by atomic mass is 10.1. The van der Waals surface area contributed by atoms with Gasteiger partial charge in [-0.2, -0.15) is 0 Å². The van der Waals surface area contributed by atoms with E-state index in [0.717, 1.165) is 11.1 Å². The third-order valence-corrected chi connectivity index (χ3v) is 4.94. The van der Waals surface area contributed by atoms with Crippen LogP contribution >= 0.6 is 0 Å². The highest BCUT2D eigenvalue weighted by Gasteiger charge is 2.16. The van der Waals surface area contributed by atoms with Gasteiger partial charge in [-0.15, -0.1) is 0 Å². The predicted octanol–water partition coefficient (Wildman–Crippen LogP) is 3.43. The van der Waals surface area contributed by atoms with Crippen LogP contribution in [-0.4, -0.2) is 13.5 Å². The van der Waals surface area contributed by atoms with Crippen LogP contribution in [0.2, 0.25) is 0 Å². The molecule has 0 radical (unpaired) electrons. The van der Waals surface area contributed by atoms with Gasteiger partial charge < -0.3 is 5.11 Å². The minimum atomic E-state index is -3.64. The number of sulfonamides is 1. The molecule has 0 amide bonds. The summed E-state index contributed by atoms with van der Waals surface area (Å²) >= 11 is 0. The second kappa shape index (κ2) is 5.41.